The van der Waals surface area contributed by atoms with E-state index in [0.29, 0.717) is 6.42 Å². The fraction of sp³-hybridized carbons (Fsp3) is 0.692. The molecular weight excluding hydrogens is 220 g/mol. The monoisotopic (exact) mass is 240 g/mol. The molecule has 0 aromatic carbocycles. The third-order valence-electron chi connectivity index (χ3n) is 2.34. The number of hydrogen-bond acceptors (Lipinski definition) is 4. The van der Waals surface area contributed by atoms with Crippen molar-refractivity contribution in [3.63, 3.8) is 0 Å². The highest BCUT2D eigenvalue weighted by atomic mass is 16.2. The van der Waals surface area contributed by atoms with Gasteiger partial charge in [-0.2, -0.15) is 0 Å². The van der Waals surface area contributed by atoms with Crippen LogP contribution in [0.2, 0.25) is 0 Å². The summed E-state index contributed by atoms with van der Waals surface area (Å²) in [5.74, 6) is -0.367. The molecule has 0 heterocycles. The summed E-state index contributed by atoms with van der Waals surface area (Å²) in [5, 5.41) is 0. The summed E-state index contributed by atoms with van der Waals surface area (Å²) < 4.78 is 0. The molecule has 0 saturated carbocycles. The number of carbonyl (C=O) groups excluding carboxylic acids is 4. The van der Waals surface area contributed by atoms with Crippen LogP contribution < -0.4 is 0 Å². The van der Waals surface area contributed by atoms with Gasteiger partial charge in [-0.15, -0.1) is 0 Å². The van der Waals surface area contributed by atoms with Gasteiger partial charge in [-0.1, -0.05) is 6.92 Å². The van der Waals surface area contributed by atoms with E-state index in [-0.39, 0.29) is 55.2 Å². The Hall–Kier alpha value is -1.32. The van der Waals surface area contributed by atoms with Crippen LogP contribution in [0.25, 0.3) is 0 Å². The van der Waals surface area contributed by atoms with Crippen molar-refractivity contribution in [1.82, 2.24) is 0 Å². The molecule has 0 aliphatic carbocycles. The molecule has 96 valence electrons. The van der Waals surface area contributed by atoms with Crippen LogP contribution in [0.1, 0.15) is 58.8 Å². The van der Waals surface area contributed by atoms with Gasteiger partial charge < -0.3 is 0 Å². The summed E-state index contributed by atoms with van der Waals surface area (Å²) >= 11 is 0. The predicted octanol–water partition coefficient (Wildman–Crippen LogP) is 2.03. The Morgan fingerprint density at radius 2 is 1.12 bits per heavy atom. The van der Waals surface area contributed by atoms with Gasteiger partial charge in [0.1, 0.15) is 23.1 Å². The number of rotatable bonds is 10. The van der Waals surface area contributed by atoms with Gasteiger partial charge in [0.15, 0.2) is 0 Å². The van der Waals surface area contributed by atoms with Crippen molar-refractivity contribution in [3.05, 3.63) is 0 Å². The Kier molecular flexibility index (Phi) is 8.11. The van der Waals surface area contributed by atoms with Crippen LogP contribution in [-0.2, 0) is 19.2 Å². The van der Waals surface area contributed by atoms with Crippen LogP contribution in [0, 0.1) is 0 Å². The number of Topliss-reactive ketones (excluding diaryl/α,β-unsaturated/α-hetero) is 4. The average Bonchev–Trinajstić information content (AvgIpc) is 2.23. The van der Waals surface area contributed by atoms with Crippen molar-refractivity contribution >= 4 is 23.1 Å². The second-order valence-corrected chi connectivity index (χ2v) is 4.24. The first-order valence-corrected chi connectivity index (χ1v) is 6.00. The third-order valence-corrected chi connectivity index (χ3v) is 2.34. The Bertz CT molecular complexity index is 305. The van der Waals surface area contributed by atoms with Crippen LogP contribution in [0.5, 0.6) is 0 Å². The molecule has 4 nitrogen and oxygen atoms in total. The highest BCUT2D eigenvalue weighted by Gasteiger charge is 2.10. The van der Waals surface area contributed by atoms with E-state index in [1.54, 1.807) is 0 Å². The minimum Gasteiger partial charge on any atom is -0.300 e. The minimum atomic E-state index is -0.203. The summed E-state index contributed by atoms with van der Waals surface area (Å²) in [6, 6.07) is 0. The lowest BCUT2D eigenvalue weighted by Crippen LogP contribution is -2.09. The van der Waals surface area contributed by atoms with Gasteiger partial charge in [-0.05, 0) is 13.3 Å². The van der Waals surface area contributed by atoms with Crippen LogP contribution in [0.3, 0.4) is 0 Å². The van der Waals surface area contributed by atoms with E-state index in [1.165, 1.54) is 6.92 Å². The molecule has 0 bridgehead atoms. The molecule has 0 amide bonds. The third kappa shape index (κ3) is 9.60. The summed E-state index contributed by atoms with van der Waals surface area (Å²) in [6.07, 6.45) is 1.95. The van der Waals surface area contributed by atoms with Crippen molar-refractivity contribution in [2.24, 2.45) is 0 Å². The van der Waals surface area contributed by atoms with Crippen molar-refractivity contribution < 1.29 is 19.2 Å². The molecule has 0 spiro atoms. The molecule has 17 heavy (non-hydrogen) atoms. The van der Waals surface area contributed by atoms with E-state index in [1.807, 2.05) is 6.92 Å². The van der Waals surface area contributed by atoms with E-state index in [0.717, 1.165) is 6.42 Å². The summed E-state index contributed by atoms with van der Waals surface area (Å²) in [6.45, 7) is 3.27. The van der Waals surface area contributed by atoms with Crippen molar-refractivity contribution in [1.29, 1.82) is 0 Å². The first-order valence-electron chi connectivity index (χ1n) is 6.00. The zero-order valence-corrected chi connectivity index (χ0v) is 10.6. The van der Waals surface area contributed by atoms with Crippen LogP contribution in [-0.4, -0.2) is 23.1 Å². The molecule has 0 radical (unpaired) electrons. The predicted molar refractivity (Wildman–Crippen MR) is 63.7 cm³/mol. The molecule has 0 aliphatic rings. The smallest absolute Gasteiger partial charge is 0.140 e. The lowest BCUT2D eigenvalue weighted by Gasteiger charge is -2.00. The minimum absolute atomic E-state index is 0.0774. The SMILES string of the molecule is CCCC(=O)CCC(=O)CCC(=O)CC(C)=O. The summed E-state index contributed by atoms with van der Waals surface area (Å²) in [7, 11) is 0. The Morgan fingerprint density at radius 3 is 1.53 bits per heavy atom. The number of ketones is 4. The van der Waals surface area contributed by atoms with E-state index >= 15 is 0 Å². The van der Waals surface area contributed by atoms with Gasteiger partial charge in [-0.25, -0.2) is 0 Å². The van der Waals surface area contributed by atoms with Crippen LogP contribution in [0.4, 0.5) is 0 Å². The van der Waals surface area contributed by atoms with E-state index in [4.69, 9.17) is 0 Å². The lowest BCUT2D eigenvalue weighted by molar-refractivity contribution is -0.128. The molecule has 0 atom stereocenters. The zero-order chi connectivity index (χ0) is 13.3. The van der Waals surface area contributed by atoms with Crippen molar-refractivity contribution in [2.45, 2.75) is 58.8 Å². The van der Waals surface area contributed by atoms with Gasteiger partial charge in [0.05, 0.1) is 6.42 Å². The lowest BCUT2D eigenvalue weighted by atomic mass is 10.0. The molecule has 0 rings (SSSR count). The van der Waals surface area contributed by atoms with Crippen molar-refractivity contribution in [2.75, 3.05) is 0 Å². The van der Waals surface area contributed by atoms with E-state index < -0.39 is 0 Å². The van der Waals surface area contributed by atoms with Gasteiger partial charge in [0, 0.05) is 32.1 Å². The Balaban J connectivity index is 3.69. The number of hydrogen-bond donors (Lipinski definition) is 0. The quantitative estimate of drug-likeness (QED) is 0.548. The maximum absolute atomic E-state index is 11.4. The molecule has 0 fully saturated rings. The zero-order valence-electron chi connectivity index (χ0n) is 10.6. The standard InChI is InChI=1S/C13H20O4/c1-3-4-11(15)5-6-12(16)7-8-13(17)9-10(2)14/h3-9H2,1-2H3. The van der Waals surface area contributed by atoms with E-state index in [2.05, 4.69) is 0 Å². The molecule has 0 saturated heterocycles. The van der Waals surface area contributed by atoms with Crippen molar-refractivity contribution in [3.8, 4) is 0 Å². The molecule has 0 N–H and O–H groups in total. The Morgan fingerprint density at radius 1 is 0.706 bits per heavy atom. The van der Waals surface area contributed by atoms with Gasteiger partial charge in [-0.3, -0.25) is 19.2 Å². The molecule has 0 aromatic rings. The fourth-order valence-electron chi connectivity index (χ4n) is 1.45. The topological polar surface area (TPSA) is 68.3 Å². The Labute approximate surface area is 102 Å². The maximum atomic E-state index is 11.4. The first-order chi connectivity index (χ1) is 7.95. The molecule has 0 aliphatic heterocycles. The molecular formula is C13H20O4. The fourth-order valence-corrected chi connectivity index (χ4v) is 1.45. The number of carbonyl (C=O) groups is 4. The highest BCUT2D eigenvalue weighted by Crippen LogP contribution is 2.04. The van der Waals surface area contributed by atoms with Crippen LogP contribution in [0.15, 0.2) is 0 Å². The van der Waals surface area contributed by atoms with Gasteiger partial charge in [0.25, 0.3) is 0 Å². The summed E-state index contributed by atoms with van der Waals surface area (Å²) in [4.78, 5) is 44.3. The van der Waals surface area contributed by atoms with Gasteiger partial charge in [0.2, 0.25) is 0 Å². The second-order valence-electron chi connectivity index (χ2n) is 4.24. The van der Waals surface area contributed by atoms with Crippen LogP contribution >= 0.6 is 0 Å². The molecule has 4 heteroatoms. The largest absolute Gasteiger partial charge is 0.300 e. The molecule has 0 unspecified atom stereocenters. The van der Waals surface area contributed by atoms with E-state index in [9.17, 15) is 19.2 Å². The highest BCUT2D eigenvalue weighted by molar-refractivity contribution is 5.99. The maximum Gasteiger partial charge on any atom is 0.140 e. The van der Waals surface area contributed by atoms with Gasteiger partial charge >= 0.3 is 0 Å². The first kappa shape index (κ1) is 15.7. The average molecular weight is 240 g/mol. The normalized spacial score (nSPS) is 10.0. The summed E-state index contributed by atoms with van der Waals surface area (Å²) in [5.41, 5.74) is 0. The molecule has 0 aromatic heterocycles. The second kappa shape index (κ2) is 8.79.